The van der Waals surface area contributed by atoms with E-state index in [0.29, 0.717) is 23.8 Å². The van der Waals surface area contributed by atoms with E-state index in [-0.39, 0.29) is 11.9 Å². The molecule has 1 N–H and O–H groups in total. The van der Waals surface area contributed by atoms with Crippen LogP contribution < -0.4 is 10.1 Å². The largest absolute Gasteiger partial charge is 0.497 e. The van der Waals surface area contributed by atoms with E-state index in [9.17, 15) is 4.39 Å². The summed E-state index contributed by atoms with van der Waals surface area (Å²) in [5.41, 5.74) is 0.591. The van der Waals surface area contributed by atoms with Crippen molar-refractivity contribution in [3.05, 3.63) is 29.6 Å². The van der Waals surface area contributed by atoms with Gasteiger partial charge in [-0.1, -0.05) is 6.07 Å². The van der Waals surface area contributed by atoms with E-state index in [1.54, 1.807) is 12.1 Å². The molecule has 1 saturated carbocycles. The maximum absolute atomic E-state index is 13.6. The fraction of sp³-hybridized carbons (Fsp3) is 0.571. The maximum atomic E-state index is 13.6. The molecule has 0 atom stereocenters. The van der Waals surface area contributed by atoms with Crippen molar-refractivity contribution < 1.29 is 13.9 Å². The van der Waals surface area contributed by atoms with Gasteiger partial charge >= 0.3 is 0 Å². The van der Waals surface area contributed by atoms with E-state index >= 15 is 0 Å². The van der Waals surface area contributed by atoms with Gasteiger partial charge in [0.1, 0.15) is 11.6 Å². The Morgan fingerprint density at radius 3 is 2.78 bits per heavy atom. The Labute approximate surface area is 107 Å². The summed E-state index contributed by atoms with van der Waals surface area (Å²) in [4.78, 5) is 0. The summed E-state index contributed by atoms with van der Waals surface area (Å²) in [5.74, 6) is 0.982. The SMILES string of the molecule is CNCC1CC(OCc2ccc(OC)cc2F)C1. The number of rotatable bonds is 6. The molecule has 1 aliphatic carbocycles. The molecule has 4 heteroatoms. The first-order valence-corrected chi connectivity index (χ1v) is 6.31. The second-order valence-corrected chi connectivity index (χ2v) is 4.79. The number of hydrogen-bond acceptors (Lipinski definition) is 3. The summed E-state index contributed by atoms with van der Waals surface area (Å²) >= 11 is 0. The third-order valence-corrected chi connectivity index (χ3v) is 3.42. The van der Waals surface area contributed by atoms with Gasteiger partial charge in [0, 0.05) is 11.6 Å². The summed E-state index contributed by atoms with van der Waals surface area (Å²) in [7, 11) is 3.49. The zero-order valence-electron chi connectivity index (χ0n) is 10.9. The monoisotopic (exact) mass is 253 g/mol. The summed E-state index contributed by atoms with van der Waals surface area (Å²) in [5, 5.41) is 3.16. The molecule has 3 nitrogen and oxygen atoms in total. The Morgan fingerprint density at radius 2 is 2.17 bits per heavy atom. The number of methoxy groups -OCH3 is 1. The zero-order valence-corrected chi connectivity index (χ0v) is 10.9. The van der Waals surface area contributed by atoms with Crippen LogP contribution in [0.4, 0.5) is 4.39 Å². The predicted octanol–water partition coefficient (Wildman–Crippen LogP) is 2.35. The van der Waals surface area contributed by atoms with E-state index in [2.05, 4.69) is 5.32 Å². The molecule has 1 aliphatic rings. The van der Waals surface area contributed by atoms with Gasteiger partial charge in [-0.3, -0.25) is 0 Å². The lowest BCUT2D eigenvalue weighted by atomic mass is 9.82. The van der Waals surface area contributed by atoms with Crippen molar-refractivity contribution in [1.29, 1.82) is 0 Å². The first kappa shape index (κ1) is 13.3. The molecular formula is C14H20FNO2. The second-order valence-electron chi connectivity index (χ2n) is 4.79. The van der Waals surface area contributed by atoms with Crippen LogP contribution in [0, 0.1) is 11.7 Å². The minimum atomic E-state index is -0.263. The lowest BCUT2D eigenvalue weighted by Gasteiger charge is -2.35. The molecule has 0 bridgehead atoms. The Hall–Kier alpha value is -1.13. The molecular weight excluding hydrogens is 233 g/mol. The Bertz CT molecular complexity index is 391. The molecule has 0 amide bonds. The Kier molecular flexibility index (Phi) is 4.55. The van der Waals surface area contributed by atoms with Gasteiger partial charge in [0.15, 0.2) is 0 Å². The topological polar surface area (TPSA) is 30.5 Å². The second kappa shape index (κ2) is 6.16. The summed E-state index contributed by atoms with van der Waals surface area (Å²) < 4.78 is 24.3. The van der Waals surface area contributed by atoms with Crippen LogP contribution in [-0.4, -0.2) is 26.8 Å². The number of nitrogens with one attached hydrogen (secondary N) is 1. The van der Waals surface area contributed by atoms with Crippen molar-refractivity contribution in [3.8, 4) is 5.75 Å². The molecule has 1 fully saturated rings. The molecule has 0 saturated heterocycles. The first-order valence-electron chi connectivity index (χ1n) is 6.31. The van der Waals surface area contributed by atoms with Crippen LogP contribution in [-0.2, 0) is 11.3 Å². The van der Waals surface area contributed by atoms with E-state index in [0.717, 1.165) is 19.4 Å². The quantitative estimate of drug-likeness (QED) is 0.844. The average molecular weight is 253 g/mol. The molecule has 0 heterocycles. The maximum Gasteiger partial charge on any atom is 0.132 e. The van der Waals surface area contributed by atoms with Crippen molar-refractivity contribution in [1.82, 2.24) is 5.32 Å². The number of hydrogen-bond donors (Lipinski definition) is 1. The van der Waals surface area contributed by atoms with Crippen LogP contribution in [0.2, 0.25) is 0 Å². The summed E-state index contributed by atoms with van der Waals surface area (Å²) in [6, 6.07) is 4.87. The highest BCUT2D eigenvalue weighted by molar-refractivity contribution is 5.28. The summed E-state index contributed by atoms with van der Waals surface area (Å²) in [6.45, 7) is 1.38. The van der Waals surface area contributed by atoms with Crippen LogP contribution in [0.1, 0.15) is 18.4 Å². The number of ether oxygens (including phenoxy) is 2. The fourth-order valence-electron chi connectivity index (χ4n) is 2.25. The van der Waals surface area contributed by atoms with Crippen molar-refractivity contribution in [2.75, 3.05) is 20.7 Å². The highest BCUT2D eigenvalue weighted by atomic mass is 19.1. The van der Waals surface area contributed by atoms with Crippen LogP contribution in [0.3, 0.4) is 0 Å². The highest BCUT2D eigenvalue weighted by Gasteiger charge is 2.29. The number of benzene rings is 1. The molecule has 0 radical (unpaired) electrons. The van der Waals surface area contributed by atoms with Crippen molar-refractivity contribution in [2.45, 2.75) is 25.6 Å². The highest BCUT2D eigenvalue weighted by Crippen LogP contribution is 2.30. The predicted molar refractivity (Wildman–Crippen MR) is 68.2 cm³/mol. The van der Waals surface area contributed by atoms with E-state index in [1.807, 2.05) is 7.05 Å². The molecule has 18 heavy (non-hydrogen) atoms. The molecule has 0 aliphatic heterocycles. The third-order valence-electron chi connectivity index (χ3n) is 3.42. The lowest BCUT2D eigenvalue weighted by molar-refractivity contribution is -0.0399. The first-order chi connectivity index (χ1) is 8.72. The average Bonchev–Trinajstić information content (AvgIpc) is 2.33. The molecule has 2 rings (SSSR count). The van der Waals surface area contributed by atoms with Gasteiger partial charge in [0.05, 0.1) is 19.8 Å². The van der Waals surface area contributed by atoms with Gasteiger partial charge in [-0.15, -0.1) is 0 Å². The fourth-order valence-corrected chi connectivity index (χ4v) is 2.25. The minimum Gasteiger partial charge on any atom is -0.497 e. The Balaban J connectivity index is 1.77. The molecule has 0 spiro atoms. The van der Waals surface area contributed by atoms with Gasteiger partial charge in [-0.2, -0.15) is 0 Å². The normalized spacial score (nSPS) is 22.6. The van der Waals surface area contributed by atoms with E-state index < -0.39 is 0 Å². The van der Waals surface area contributed by atoms with E-state index in [1.165, 1.54) is 13.2 Å². The standard InChI is InChI=1S/C14H20FNO2/c1-16-8-10-5-13(6-10)18-9-11-3-4-12(17-2)7-14(11)15/h3-4,7,10,13,16H,5-6,8-9H2,1-2H3. The van der Waals surface area contributed by atoms with E-state index in [4.69, 9.17) is 9.47 Å². The third kappa shape index (κ3) is 3.21. The van der Waals surface area contributed by atoms with Gasteiger partial charge in [0.25, 0.3) is 0 Å². The zero-order chi connectivity index (χ0) is 13.0. The molecule has 0 unspecified atom stereocenters. The van der Waals surface area contributed by atoms with Crippen LogP contribution >= 0.6 is 0 Å². The summed E-state index contributed by atoms with van der Waals surface area (Å²) in [6.07, 6.45) is 2.42. The van der Waals surface area contributed by atoms with Crippen molar-refractivity contribution in [3.63, 3.8) is 0 Å². The van der Waals surface area contributed by atoms with Gasteiger partial charge in [-0.25, -0.2) is 4.39 Å². The van der Waals surface area contributed by atoms with Crippen LogP contribution in [0.25, 0.3) is 0 Å². The van der Waals surface area contributed by atoms with Crippen LogP contribution in [0.5, 0.6) is 5.75 Å². The lowest BCUT2D eigenvalue weighted by Crippen LogP contribution is -2.36. The smallest absolute Gasteiger partial charge is 0.132 e. The van der Waals surface area contributed by atoms with Gasteiger partial charge < -0.3 is 14.8 Å². The molecule has 1 aromatic carbocycles. The van der Waals surface area contributed by atoms with Gasteiger partial charge in [-0.05, 0) is 38.4 Å². The van der Waals surface area contributed by atoms with Crippen molar-refractivity contribution in [2.24, 2.45) is 5.92 Å². The number of halogens is 1. The molecule has 1 aromatic rings. The Morgan fingerprint density at radius 1 is 1.39 bits per heavy atom. The minimum absolute atomic E-state index is 0.263. The molecule has 0 aromatic heterocycles. The molecule has 100 valence electrons. The van der Waals surface area contributed by atoms with Crippen LogP contribution in [0.15, 0.2) is 18.2 Å². The van der Waals surface area contributed by atoms with Gasteiger partial charge in [0.2, 0.25) is 0 Å². The van der Waals surface area contributed by atoms with Crippen molar-refractivity contribution >= 4 is 0 Å².